The number of alkyl halides is 6. The molecular formula is C115H90F6N22O7. The lowest BCUT2D eigenvalue weighted by Gasteiger charge is -2.14. The van der Waals surface area contributed by atoms with E-state index in [9.17, 15) is 26.3 Å². The third-order valence-corrected chi connectivity index (χ3v) is 22.8. The molecule has 0 spiro atoms. The summed E-state index contributed by atoms with van der Waals surface area (Å²) in [5, 5.41) is 27.7. The lowest BCUT2D eigenvalue weighted by molar-refractivity contribution is -0.137. The van der Waals surface area contributed by atoms with Crippen LogP contribution < -0.4 is 5.73 Å². The third-order valence-electron chi connectivity index (χ3n) is 22.8. The lowest BCUT2D eigenvalue weighted by Crippen LogP contribution is -2.07. The number of aromatic nitrogens is 21. The summed E-state index contributed by atoms with van der Waals surface area (Å²) in [5.74, 6) is 6.43. The summed E-state index contributed by atoms with van der Waals surface area (Å²) < 4.78 is 119. The zero-order chi connectivity index (χ0) is 105. The second kappa shape index (κ2) is 46.8. The number of pyridine rings is 7. The quantitative estimate of drug-likeness (QED) is 0.0878. The van der Waals surface area contributed by atoms with Crippen molar-refractivity contribution in [2.45, 2.75) is 81.6 Å². The Kier molecular flexibility index (Phi) is 31.8. The second-order valence-electron chi connectivity index (χ2n) is 34.3. The molecule has 0 saturated carbocycles. The lowest BCUT2D eigenvalue weighted by atomic mass is 9.97. The molecule has 23 aromatic rings. The number of nitrogen functional groups attached to an aromatic ring is 1. The Bertz CT molecular complexity index is 8260. The van der Waals surface area contributed by atoms with Gasteiger partial charge in [-0.1, -0.05) is 186 Å². The van der Waals surface area contributed by atoms with Gasteiger partial charge in [0.15, 0.2) is 0 Å². The Morgan fingerprint density at radius 3 is 0.827 bits per heavy atom. The summed E-state index contributed by atoms with van der Waals surface area (Å²) in [5.41, 5.74) is 27.1. The van der Waals surface area contributed by atoms with Gasteiger partial charge in [0.25, 0.3) is 41.2 Å². The molecule has 35 heteroatoms. The van der Waals surface area contributed by atoms with Crippen molar-refractivity contribution in [2.24, 2.45) is 0 Å². The molecule has 23 rings (SSSR count). The smallest absolute Gasteiger partial charge is 0.384 e. The van der Waals surface area contributed by atoms with Crippen molar-refractivity contribution in [3.05, 3.63) is 420 Å². The van der Waals surface area contributed by atoms with Crippen molar-refractivity contribution in [3.8, 4) is 182 Å². The van der Waals surface area contributed by atoms with E-state index in [1.54, 1.807) is 172 Å². The van der Waals surface area contributed by atoms with E-state index in [0.717, 1.165) is 112 Å². The fourth-order valence-corrected chi connectivity index (χ4v) is 15.1. The molecule has 0 unspecified atom stereocenters. The molecule has 0 aliphatic heterocycles. The Hall–Kier alpha value is -19.6. The van der Waals surface area contributed by atoms with E-state index >= 15 is 0 Å². The first kappa shape index (κ1) is 102. The first-order chi connectivity index (χ1) is 72.6. The van der Waals surface area contributed by atoms with Crippen molar-refractivity contribution in [3.63, 3.8) is 0 Å². The maximum Gasteiger partial charge on any atom is 0.417 e. The maximum atomic E-state index is 13.7. The fraction of sp³-hybridized carbons (Fsp3) is 0.104. The Morgan fingerprint density at radius 1 is 0.200 bits per heavy atom. The van der Waals surface area contributed by atoms with Crippen LogP contribution >= 0.6 is 0 Å². The highest BCUT2D eigenvalue weighted by Gasteiger charge is 2.36. The maximum absolute atomic E-state index is 13.7. The highest BCUT2D eigenvalue weighted by Crippen LogP contribution is 2.43. The van der Waals surface area contributed by atoms with Crippen LogP contribution in [0.4, 0.5) is 32.2 Å². The number of nitrogens with zero attached hydrogens (tertiary/aromatic N) is 21. The third kappa shape index (κ3) is 26.1. The topological polar surface area (TPSA) is 389 Å². The monoisotopic (exact) mass is 2000 g/mol. The van der Waals surface area contributed by atoms with Gasteiger partial charge in [0.05, 0.1) is 11.1 Å². The molecule has 2 N–H and O–H groups in total. The minimum absolute atomic E-state index is 0.0129. The van der Waals surface area contributed by atoms with Crippen LogP contribution in [-0.2, 0) is 12.4 Å². The molecule has 150 heavy (non-hydrogen) atoms. The predicted octanol–water partition coefficient (Wildman–Crippen LogP) is 27.6. The minimum Gasteiger partial charge on any atom is -0.384 e. The number of nitrogens with two attached hydrogens (primary N) is 1. The molecule has 0 aliphatic rings. The predicted molar refractivity (Wildman–Crippen MR) is 553 cm³/mol. The van der Waals surface area contributed by atoms with Crippen molar-refractivity contribution in [2.75, 3.05) is 5.73 Å². The molecule has 14 aromatic heterocycles. The number of rotatable bonds is 16. The number of anilines is 1. The molecule has 744 valence electrons. The second-order valence-corrected chi connectivity index (χ2v) is 34.3. The van der Waals surface area contributed by atoms with Gasteiger partial charge in [-0.2, -0.15) is 61.2 Å². The van der Waals surface area contributed by atoms with Gasteiger partial charge in [-0.05, 0) is 270 Å². The molecule has 29 nitrogen and oxygen atoms in total. The standard InChI is InChI=1S/C21H14F3N3O.C20H12F3N3O.C16H15N3O.2C15H13N3O.C14H12N4O.C14H11N3O/c1-13-9-16(12-25-11-13)19-26-20(28-27-19)15-7-8-17(14-5-3-2-4-6-14)18(10-15)21(22,23)24;21-20(22,23)17-11-14(8-9-16(17)13-5-2-1-3-6-13)19-25-18(26-27-19)15-7-4-10-24-12-15;1-10-4-5-13(8-11(10)2)16-18-15(19-20-16)14-6-7-17-9-12(14)3;1-10-4-3-5-12(6-10)15-17-14(18-19-15)13-7-11(2)8-16-9-13;1-10-4-3-5-12(8-10)15-17-14(18-19-15)13-6-7-16-9-11(13)2;1-9-3-2-4-11(7-9)14-17-13(18-19-14)10-5-6-16-12(15)8-10;1-10-4-2-5-11(8-10)14-16-13(17-18-14)12-6-3-7-15-9-12/h2-12H,1H3;1-12H;4-9H,1-3H3;2*3-9H,1-2H3;2-8H,1H3,(H2,15,16);2-9H,1H3. The number of hydrogen-bond acceptors (Lipinski definition) is 29. The average molecular weight is 2010 g/mol. The van der Waals surface area contributed by atoms with E-state index < -0.39 is 23.5 Å². The number of benzene rings is 9. The first-order valence-electron chi connectivity index (χ1n) is 46.5. The molecule has 14 heterocycles. The van der Waals surface area contributed by atoms with Crippen LogP contribution in [0.5, 0.6) is 0 Å². The summed E-state index contributed by atoms with van der Waals surface area (Å²) in [7, 11) is 0. The molecule has 0 bridgehead atoms. The molecule has 0 aliphatic carbocycles. The Morgan fingerprint density at radius 2 is 0.500 bits per heavy atom. The summed E-state index contributed by atoms with van der Waals surface area (Å²) in [4.78, 5) is 58.8. The van der Waals surface area contributed by atoms with Gasteiger partial charge in [-0.15, -0.1) is 0 Å². The fourth-order valence-electron chi connectivity index (χ4n) is 15.1. The van der Waals surface area contributed by atoms with E-state index in [2.05, 4.69) is 132 Å². The van der Waals surface area contributed by atoms with Crippen molar-refractivity contribution in [1.29, 1.82) is 0 Å². The number of aryl methyl sites for hydroxylation is 10. The van der Waals surface area contributed by atoms with Crippen LogP contribution in [0.3, 0.4) is 0 Å². The molecule has 0 saturated heterocycles. The van der Waals surface area contributed by atoms with Crippen molar-refractivity contribution in [1.82, 2.24) is 106 Å². The van der Waals surface area contributed by atoms with E-state index in [1.165, 1.54) is 29.3 Å². The van der Waals surface area contributed by atoms with Crippen LogP contribution in [0, 0.1) is 69.2 Å². The van der Waals surface area contributed by atoms with Crippen LogP contribution in [0.2, 0.25) is 0 Å². The van der Waals surface area contributed by atoms with Gasteiger partial charge in [-0.3, -0.25) is 29.9 Å². The summed E-state index contributed by atoms with van der Waals surface area (Å²) in [6, 6.07) is 81.1. The van der Waals surface area contributed by atoms with Gasteiger partial charge in [0.2, 0.25) is 40.8 Å². The van der Waals surface area contributed by atoms with Crippen molar-refractivity contribution >= 4 is 5.82 Å². The molecular weight excluding hydrogens is 1920 g/mol. The van der Waals surface area contributed by atoms with Crippen LogP contribution in [0.1, 0.15) is 66.8 Å². The van der Waals surface area contributed by atoms with Crippen LogP contribution in [0.25, 0.3) is 182 Å². The highest BCUT2D eigenvalue weighted by atomic mass is 19.4. The van der Waals surface area contributed by atoms with Gasteiger partial charge in [0, 0.05) is 158 Å². The summed E-state index contributed by atoms with van der Waals surface area (Å²) in [6.07, 6.45) is 13.0. The zero-order valence-corrected chi connectivity index (χ0v) is 82.1. The summed E-state index contributed by atoms with van der Waals surface area (Å²) in [6.45, 7) is 20.1. The molecule has 9 aromatic carbocycles. The van der Waals surface area contributed by atoms with Gasteiger partial charge < -0.3 is 37.4 Å². The van der Waals surface area contributed by atoms with Crippen molar-refractivity contribution < 1.29 is 58.0 Å². The van der Waals surface area contributed by atoms with Gasteiger partial charge in [-0.25, -0.2) is 4.98 Å². The molecule has 0 radical (unpaired) electrons. The largest absolute Gasteiger partial charge is 0.417 e. The highest BCUT2D eigenvalue weighted by molar-refractivity contribution is 5.76. The molecule has 0 atom stereocenters. The zero-order valence-electron chi connectivity index (χ0n) is 82.1. The Labute approximate surface area is 854 Å². The SMILES string of the molecule is Cc1ccc(-c2nc(-c3ccncc3C)no2)cc1C.Cc1cccc(-c2nc(-c3cccnc3)no2)c1.Cc1cccc(-c2nc(-c3ccnc(N)c3)no2)c1.Cc1cccc(-c2nc(-c3ccncc3C)no2)c1.Cc1cncc(-c2noc(-c3ccc(-c4ccccc4)c(C(F)(F)F)c3)n2)c1.Cc1cncc(-c2noc(-c3cccc(C)c3)n2)c1.FC(F)(F)c1cc(-c2nc(-c3cccnc3)no2)ccc1-c1ccccc1. The van der Waals surface area contributed by atoms with Gasteiger partial charge in [0.1, 0.15) is 5.82 Å². The molecule has 0 fully saturated rings. The van der Waals surface area contributed by atoms with E-state index in [4.69, 9.17) is 37.4 Å². The first-order valence-corrected chi connectivity index (χ1v) is 46.5. The average Bonchev–Trinajstić information content (AvgIpc) is 1.16. The van der Waals surface area contributed by atoms with Crippen LogP contribution in [0.15, 0.2) is 385 Å². The van der Waals surface area contributed by atoms with Gasteiger partial charge >= 0.3 is 12.4 Å². The minimum atomic E-state index is -4.52. The van der Waals surface area contributed by atoms with E-state index in [0.29, 0.717) is 86.6 Å². The van der Waals surface area contributed by atoms with E-state index in [-0.39, 0.29) is 45.7 Å². The Balaban J connectivity index is 0.000000120. The normalized spacial score (nSPS) is 11.0. The molecule has 0 amide bonds. The summed E-state index contributed by atoms with van der Waals surface area (Å²) >= 11 is 0. The number of hydrogen-bond donors (Lipinski definition) is 1. The van der Waals surface area contributed by atoms with Crippen LogP contribution in [-0.4, -0.2) is 106 Å². The van der Waals surface area contributed by atoms with E-state index in [1.807, 2.05) is 195 Å². The number of halogens is 6.